The van der Waals surface area contributed by atoms with Gasteiger partial charge in [0, 0.05) is 45.2 Å². The highest BCUT2D eigenvalue weighted by atomic mass is 16.3. The fourth-order valence-corrected chi connectivity index (χ4v) is 16.7. The van der Waals surface area contributed by atoms with Crippen LogP contribution in [-0.4, -0.2) is 6.71 Å². The molecule has 4 aliphatic carbocycles. The molecule has 0 N–H and O–H groups in total. The summed E-state index contributed by atoms with van der Waals surface area (Å²) in [6.07, 6.45) is 10.8. The molecule has 0 saturated heterocycles. The van der Waals surface area contributed by atoms with E-state index < -0.39 is 0 Å². The summed E-state index contributed by atoms with van der Waals surface area (Å²) < 4.78 is 6.88. The summed E-state index contributed by atoms with van der Waals surface area (Å²) in [7, 11) is 0. The molecule has 3 heterocycles. The predicted molar refractivity (Wildman–Crippen MR) is 365 cm³/mol. The molecule has 7 aromatic carbocycles. The summed E-state index contributed by atoms with van der Waals surface area (Å²) >= 11 is 0. The minimum atomic E-state index is -0.0226. The monoisotopic (exact) mass is 1120 g/mol. The van der Waals surface area contributed by atoms with Gasteiger partial charge in [0.05, 0.1) is 16.8 Å². The van der Waals surface area contributed by atoms with Gasteiger partial charge in [-0.05, 0) is 217 Å². The Hall–Kier alpha value is -6.72. The normalized spacial score (nSPS) is 21.1. The molecule has 1 aromatic heterocycles. The molecule has 6 aliphatic rings. The van der Waals surface area contributed by atoms with Gasteiger partial charge >= 0.3 is 0 Å². The number of para-hydroxylation sites is 1. The van der Waals surface area contributed by atoms with Gasteiger partial charge in [0.15, 0.2) is 0 Å². The van der Waals surface area contributed by atoms with Crippen LogP contribution in [0.5, 0.6) is 0 Å². The number of benzene rings is 7. The lowest BCUT2D eigenvalue weighted by Crippen LogP contribution is -2.58. The second kappa shape index (κ2) is 18.4. The fraction of sp³-hybridized carbons (Fsp3) is 0.425. The van der Waals surface area contributed by atoms with Crippen LogP contribution in [0.4, 0.5) is 45.5 Å². The van der Waals surface area contributed by atoms with Crippen molar-refractivity contribution in [1.82, 2.24) is 0 Å². The van der Waals surface area contributed by atoms with E-state index in [-0.39, 0.29) is 50.0 Å². The lowest BCUT2D eigenvalue weighted by atomic mass is 9.30. The van der Waals surface area contributed by atoms with Crippen LogP contribution in [0.15, 0.2) is 161 Å². The maximum Gasteiger partial charge on any atom is 0.247 e. The summed E-state index contributed by atoms with van der Waals surface area (Å²) in [5.74, 6) is 0.410. The molecule has 85 heavy (non-hydrogen) atoms. The highest BCUT2D eigenvalue weighted by Gasteiger charge is 2.53. The quantitative estimate of drug-likeness (QED) is 0.160. The van der Waals surface area contributed by atoms with E-state index in [1.807, 2.05) is 0 Å². The summed E-state index contributed by atoms with van der Waals surface area (Å²) in [6, 6.07) is 52.8. The van der Waals surface area contributed by atoms with Gasteiger partial charge in [-0.2, -0.15) is 0 Å². The highest BCUT2D eigenvalue weighted by Crippen LogP contribution is 2.61. The zero-order chi connectivity index (χ0) is 60.1. The van der Waals surface area contributed by atoms with Crippen molar-refractivity contribution in [3.63, 3.8) is 0 Å². The van der Waals surface area contributed by atoms with Crippen LogP contribution >= 0.6 is 0 Å². The Morgan fingerprint density at radius 3 is 1.60 bits per heavy atom. The van der Waals surface area contributed by atoms with Crippen molar-refractivity contribution in [1.29, 1.82) is 0 Å². The Labute approximate surface area is 509 Å². The summed E-state index contributed by atoms with van der Waals surface area (Å²) in [6.45, 7) is 44.2. The third-order valence-electron chi connectivity index (χ3n) is 22.5. The molecule has 436 valence electrons. The number of allylic oxidation sites excluding steroid dienone is 3. The molecule has 1 unspecified atom stereocenters. The molecule has 0 spiro atoms. The lowest BCUT2D eigenvalue weighted by Gasteiger charge is -2.54. The Balaban J connectivity index is 1.16. The van der Waals surface area contributed by atoms with Gasteiger partial charge < -0.3 is 19.1 Å². The fourth-order valence-electron chi connectivity index (χ4n) is 16.7. The maximum atomic E-state index is 6.88. The van der Waals surface area contributed by atoms with E-state index in [1.54, 1.807) is 11.0 Å². The van der Waals surface area contributed by atoms with Gasteiger partial charge in [-0.1, -0.05) is 196 Å². The number of fused-ring (bicyclic) bond motifs is 9. The zero-order valence-corrected chi connectivity index (χ0v) is 54.6. The van der Waals surface area contributed by atoms with Crippen molar-refractivity contribution in [3.05, 3.63) is 190 Å². The van der Waals surface area contributed by atoms with Crippen molar-refractivity contribution in [2.45, 2.75) is 202 Å². The van der Waals surface area contributed by atoms with Crippen molar-refractivity contribution < 1.29 is 4.42 Å². The minimum absolute atomic E-state index is 0.000198. The van der Waals surface area contributed by atoms with Gasteiger partial charge in [0.25, 0.3) is 0 Å². The largest absolute Gasteiger partial charge is 0.456 e. The SMILES string of the molecule is CC1(C)CCC(C)(C)C2CC3=C(C=C21)N(c1ccc2c(c1)C(C)(C)CCC2(C)C)c1cc(N(c2ccc(C(C)(C)C)cc2)c2ccc(C(C)(C)C)cc2)cc2c1B3c1cc3c(cc1N2c1cccc2oc4ccccc4c12)C(C)(C)CCC3(C)C. The minimum Gasteiger partial charge on any atom is -0.456 e. The van der Waals surface area contributed by atoms with Crippen LogP contribution in [0.3, 0.4) is 0 Å². The molecule has 8 aromatic rings. The molecule has 14 rings (SSSR count). The van der Waals surface area contributed by atoms with Gasteiger partial charge in [-0.3, -0.25) is 0 Å². The summed E-state index contributed by atoms with van der Waals surface area (Å²) in [5, 5.41) is 2.29. The number of hydrogen-bond acceptors (Lipinski definition) is 4. The molecular weight excluding hydrogens is 1030 g/mol. The van der Waals surface area contributed by atoms with Crippen molar-refractivity contribution >= 4 is 85.1 Å². The van der Waals surface area contributed by atoms with E-state index in [2.05, 4.69) is 279 Å². The van der Waals surface area contributed by atoms with E-state index in [0.717, 1.165) is 70.4 Å². The average Bonchev–Trinajstić information content (AvgIpc) is 0.847. The van der Waals surface area contributed by atoms with Gasteiger partial charge in [-0.25, -0.2) is 0 Å². The summed E-state index contributed by atoms with van der Waals surface area (Å²) in [4.78, 5) is 8.08. The smallest absolute Gasteiger partial charge is 0.247 e. The Morgan fingerprint density at radius 1 is 0.471 bits per heavy atom. The Bertz CT molecular complexity index is 4080. The van der Waals surface area contributed by atoms with Crippen LogP contribution in [0.2, 0.25) is 0 Å². The molecule has 1 fully saturated rings. The molecule has 5 heteroatoms. The number of hydrogen-bond donors (Lipinski definition) is 0. The van der Waals surface area contributed by atoms with Gasteiger partial charge in [0.2, 0.25) is 6.71 Å². The van der Waals surface area contributed by atoms with E-state index in [1.165, 1.54) is 92.0 Å². The molecule has 1 atom stereocenters. The predicted octanol–water partition coefficient (Wildman–Crippen LogP) is 21.5. The van der Waals surface area contributed by atoms with Crippen LogP contribution in [-0.2, 0) is 32.5 Å². The van der Waals surface area contributed by atoms with Crippen LogP contribution in [0.1, 0.15) is 203 Å². The first-order valence-corrected chi connectivity index (χ1v) is 32.3. The third-order valence-corrected chi connectivity index (χ3v) is 22.5. The lowest BCUT2D eigenvalue weighted by molar-refractivity contribution is 0.122. The third kappa shape index (κ3) is 8.71. The van der Waals surface area contributed by atoms with E-state index in [0.29, 0.717) is 5.92 Å². The molecule has 4 nitrogen and oxygen atoms in total. The maximum absolute atomic E-state index is 6.88. The van der Waals surface area contributed by atoms with Crippen molar-refractivity contribution in [2.75, 3.05) is 14.7 Å². The van der Waals surface area contributed by atoms with E-state index in [4.69, 9.17) is 4.42 Å². The van der Waals surface area contributed by atoms with Crippen molar-refractivity contribution in [2.24, 2.45) is 16.7 Å². The Morgan fingerprint density at radius 2 is 1.00 bits per heavy atom. The zero-order valence-electron chi connectivity index (χ0n) is 54.6. The first-order valence-electron chi connectivity index (χ1n) is 32.3. The molecular formula is C80H92BN3O. The van der Waals surface area contributed by atoms with Crippen LogP contribution in [0.25, 0.3) is 21.9 Å². The first kappa shape index (κ1) is 56.1. The first-order chi connectivity index (χ1) is 39.8. The molecule has 0 amide bonds. The second-order valence-corrected chi connectivity index (χ2v) is 33.0. The van der Waals surface area contributed by atoms with E-state index >= 15 is 0 Å². The van der Waals surface area contributed by atoms with Gasteiger partial charge in [-0.15, -0.1) is 0 Å². The van der Waals surface area contributed by atoms with Crippen LogP contribution in [0, 0.1) is 16.7 Å². The number of nitrogens with zero attached hydrogens (tertiary/aromatic N) is 3. The highest BCUT2D eigenvalue weighted by molar-refractivity contribution is 6.95. The van der Waals surface area contributed by atoms with Crippen molar-refractivity contribution in [3.8, 4) is 0 Å². The van der Waals surface area contributed by atoms with Crippen LogP contribution < -0.4 is 25.6 Å². The number of furan rings is 1. The van der Waals surface area contributed by atoms with E-state index in [9.17, 15) is 0 Å². The summed E-state index contributed by atoms with van der Waals surface area (Å²) in [5.41, 5.74) is 27.6. The topological polar surface area (TPSA) is 22.9 Å². The van der Waals surface area contributed by atoms with Gasteiger partial charge in [0.1, 0.15) is 11.2 Å². The number of anilines is 8. The molecule has 0 bridgehead atoms. The standard InChI is InChI=1S/C80H92BN3O/c1-73(2,3)49-26-30-51(31-27-49)82(52-32-28-50(29-33-52)74(4,5)6)54-43-67-72-68(44-54)84(64-23-21-25-70-71(64)55-22-19-20-24-69(55)85-70)66-48-61-59(78(13,14)39-41-80(61,17)18)46-63(66)81(72)62-45-58-60(79(15,16)40-38-77(58,11)12)47-65(62)83(67)53-34-35-56-57(42-53)76(9,10)37-36-75(56,7)8/h19-35,42-44,46-48,58H,36-41,45H2,1-18H3. The Kier molecular flexibility index (Phi) is 12.2. The molecule has 1 saturated carbocycles. The average molecular weight is 1120 g/mol. The molecule has 2 aliphatic heterocycles. The number of rotatable bonds is 5. The molecule has 0 radical (unpaired) electrons. The second-order valence-electron chi connectivity index (χ2n) is 33.0.